The molecule has 8 heteroatoms. The molecule has 2 aromatic carbocycles. The summed E-state index contributed by atoms with van der Waals surface area (Å²) in [6.07, 6.45) is 0.661. The zero-order valence-corrected chi connectivity index (χ0v) is 18.2. The van der Waals surface area contributed by atoms with Crippen molar-refractivity contribution in [2.45, 2.75) is 19.9 Å². The van der Waals surface area contributed by atoms with Gasteiger partial charge in [0, 0.05) is 46.9 Å². The molecule has 1 aromatic heterocycles. The number of hydrogen-bond acceptors (Lipinski definition) is 4. The predicted molar refractivity (Wildman–Crippen MR) is 120 cm³/mol. The zero-order chi connectivity index (χ0) is 21.4. The summed E-state index contributed by atoms with van der Waals surface area (Å²) in [6.45, 7) is 3.17. The number of aryl methyl sites for hydroxylation is 1. The number of fused-ring (bicyclic) bond motifs is 2. The second-order valence-electron chi connectivity index (χ2n) is 7.36. The maximum absolute atomic E-state index is 13.0. The standard InChI is InChI=1S/C22H21Cl2N3O3/c1-12-16(23)5-4-14-21(12)26-18-7-8-27(10-15(18)22(14)29)11-20(28)25-13-3-6-19(30-2)17(24)9-13/h3-6,9H,7-8,10-11H2,1-2H3,(H,25,28)(H,26,29). The molecule has 0 radical (unpaired) electrons. The Labute approximate surface area is 183 Å². The van der Waals surface area contributed by atoms with Crippen molar-refractivity contribution in [3.63, 3.8) is 0 Å². The van der Waals surface area contributed by atoms with E-state index in [1.807, 2.05) is 11.8 Å². The Balaban J connectivity index is 1.51. The Kier molecular flexibility index (Phi) is 5.73. The number of carbonyl (C=O) groups excluding carboxylic acids is 1. The third-order valence-electron chi connectivity index (χ3n) is 5.42. The fourth-order valence-corrected chi connectivity index (χ4v) is 4.21. The van der Waals surface area contributed by atoms with Gasteiger partial charge in [-0.15, -0.1) is 0 Å². The van der Waals surface area contributed by atoms with E-state index in [1.165, 1.54) is 7.11 Å². The first-order valence-corrected chi connectivity index (χ1v) is 10.3. The lowest BCUT2D eigenvalue weighted by Gasteiger charge is -2.28. The molecule has 0 fully saturated rings. The first-order chi connectivity index (χ1) is 14.4. The topological polar surface area (TPSA) is 74.4 Å². The average Bonchev–Trinajstić information content (AvgIpc) is 2.72. The van der Waals surface area contributed by atoms with E-state index in [0.29, 0.717) is 51.9 Å². The summed E-state index contributed by atoms with van der Waals surface area (Å²) >= 11 is 12.3. The van der Waals surface area contributed by atoms with E-state index < -0.39 is 0 Å². The number of methoxy groups -OCH3 is 1. The number of hydrogen-bond donors (Lipinski definition) is 2. The molecule has 1 aliphatic rings. The van der Waals surface area contributed by atoms with Gasteiger partial charge in [-0.25, -0.2) is 0 Å². The molecule has 6 nitrogen and oxygen atoms in total. The van der Waals surface area contributed by atoms with Crippen LogP contribution in [0.3, 0.4) is 0 Å². The molecule has 2 heterocycles. The summed E-state index contributed by atoms with van der Waals surface area (Å²) in [5, 5.41) is 4.52. The molecular formula is C22H21Cl2N3O3. The first kappa shape index (κ1) is 20.7. The summed E-state index contributed by atoms with van der Waals surface area (Å²) in [5.41, 5.74) is 3.86. The highest BCUT2D eigenvalue weighted by atomic mass is 35.5. The number of nitrogens with zero attached hydrogens (tertiary/aromatic N) is 1. The molecule has 1 amide bonds. The number of carbonyl (C=O) groups is 1. The molecule has 0 unspecified atom stereocenters. The number of ether oxygens (including phenoxy) is 1. The number of amides is 1. The van der Waals surface area contributed by atoms with Crippen LogP contribution in [0.2, 0.25) is 10.0 Å². The van der Waals surface area contributed by atoms with Crippen molar-refractivity contribution in [3.8, 4) is 5.75 Å². The van der Waals surface area contributed by atoms with Crippen molar-refractivity contribution in [3.05, 3.63) is 67.4 Å². The largest absolute Gasteiger partial charge is 0.495 e. The van der Waals surface area contributed by atoms with Crippen LogP contribution < -0.4 is 15.5 Å². The normalized spacial score (nSPS) is 13.9. The summed E-state index contributed by atoms with van der Waals surface area (Å²) in [7, 11) is 1.54. The summed E-state index contributed by atoms with van der Waals surface area (Å²) in [5.74, 6) is 0.379. The number of anilines is 1. The van der Waals surface area contributed by atoms with Crippen LogP contribution in [0.25, 0.3) is 10.9 Å². The lowest BCUT2D eigenvalue weighted by Crippen LogP contribution is -2.39. The van der Waals surface area contributed by atoms with E-state index in [0.717, 1.165) is 16.8 Å². The Hall–Kier alpha value is -2.54. The minimum atomic E-state index is -0.167. The number of benzene rings is 2. The second kappa shape index (κ2) is 8.30. The molecule has 0 atom stereocenters. The van der Waals surface area contributed by atoms with Gasteiger partial charge in [0.15, 0.2) is 5.43 Å². The molecule has 30 heavy (non-hydrogen) atoms. The zero-order valence-electron chi connectivity index (χ0n) is 16.6. The lowest BCUT2D eigenvalue weighted by atomic mass is 10.0. The van der Waals surface area contributed by atoms with E-state index in [2.05, 4.69) is 10.3 Å². The van der Waals surface area contributed by atoms with Crippen LogP contribution in [-0.2, 0) is 17.8 Å². The van der Waals surface area contributed by atoms with E-state index in [4.69, 9.17) is 27.9 Å². The summed E-state index contributed by atoms with van der Waals surface area (Å²) in [6, 6.07) is 8.58. The quantitative estimate of drug-likeness (QED) is 0.632. The minimum Gasteiger partial charge on any atom is -0.495 e. The maximum atomic E-state index is 13.0. The van der Waals surface area contributed by atoms with Crippen molar-refractivity contribution in [1.29, 1.82) is 0 Å². The van der Waals surface area contributed by atoms with Crippen LogP contribution in [0.15, 0.2) is 35.1 Å². The van der Waals surface area contributed by atoms with Crippen LogP contribution in [0.1, 0.15) is 16.8 Å². The van der Waals surface area contributed by atoms with Gasteiger partial charge in [-0.1, -0.05) is 23.2 Å². The molecule has 2 N–H and O–H groups in total. The van der Waals surface area contributed by atoms with E-state index in [9.17, 15) is 9.59 Å². The van der Waals surface area contributed by atoms with Crippen LogP contribution in [0.5, 0.6) is 5.75 Å². The molecule has 156 valence electrons. The SMILES string of the molecule is COc1ccc(NC(=O)CN2CCc3[nH]c4c(C)c(Cl)ccc4c(=O)c3C2)cc1Cl. The van der Waals surface area contributed by atoms with Crippen molar-refractivity contribution in [1.82, 2.24) is 9.88 Å². The number of aromatic nitrogens is 1. The fraction of sp³-hybridized carbons (Fsp3) is 0.273. The van der Waals surface area contributed by atoms with Crippen LogP contribution in [0.4, 0.5) is 5.69 Å². The average molecular weight is 446 g/mol. The van der Waals surface area contributed by atoms with Gasteiger partial charge in [0.25, 0.3) is 0 Å². The van der Waals surface area contributed by atoms with Gasteiger partial charge in [0.05, 0.1) is 24.2 Å². The van der Waals surface area contributed by atoms with Crippen molar-refractivity contribution < 1.29 is 9.53 Å². The predicted octanol–water partition coefficient (Wildman–Crippen LogP) is 4.15. The first-order valence-electron chi connectivity index (χ1n) is 9.56. The molecule has 3 aromatic rings. The highest BCUT2D eigenvalue weighted by molar-refractivity contribution is 6.32. The monoisotopic (exact) mass is 445 g/mol. The Bertz CT molecular complexity index is 1210. The molecule has 0 aliphatic carbocycles. The highest BCUT2D eigenvalue weighted by Gasteiger charge is 2.23. The van der Waals surface area contributed by atoms with Gasteiger partial charge in [-0.2, -0.15) is 0 Å². The molecule has 0 spiro atoms. The smallest absolute Gasteiger partial charge is 0.238 e. The molecule has 1 aliphatic heterocycles. The van der Waals surface area contributed by atoms with E-state index in [1.54, 1.807) is 30.3 Å². The van der Waals surface area contributed by atoms with Gasteiger partial charge in [-0.3, -0.25) is 14.5 Å². The van der Waals surface area contributed by atoms with Gasteiger partial charge >= 0.3 is 0 Å². The second-order valence-corrected chi connectivity index (χ2v) is 8.18. The third kappa shape index (κ3) is 3.90. The Morgan fingerprint density at radius 2 is 2.03 bits per heavy atom. The highest BCUT2D eigenvalue weighted by Crippen LogP contribution is 2.27. The minimum absolute atomic E-state index is 0.00874. The van der Waals surface area contributed by atoms with Crippen LogP contribution in [-0.4, -0.2) is 36.0 Å². The molecule has 0 saturated heterocycles. The molecular weight excluding hydrogens is 425 g/mol. The number of aromatic amines is 1. The van der Waals surface area contributed by atoms with Gasteiger partial charge in [0.2, 0.25) is 5.91 Å². The Morgan fingerprint density at radius 1 is 1.23 bits per heavy atom. The number of H-pyrrole nitrogens is 1. The molecule has 4 rings (SSSR count). The summed E-state index contributed by atoms with van der Waals surface area (Å²) in [4.78, 5) is 30.9. The van der Waals surface area contributed by atoms with Gasteiger partial charge < -0.3 is 15.0 Å². The Morgan fingerprint density at radius 3 is 2.77 bits per heavy atom. The van der Waals surface area contributed by atoms with Gasteiger partial charge in [0.1, 0.15) is 5.75 Å². The number of nitrogens with one attached hydrogen (secondary N) is 2. The van der Waals surface area contributed by atoms with E-state index in [-0.39, 0.29) is 17.9 Å². The van der Waals surface area contributed by atoms with Crippen molar-refractivity contribution >= 4 is 45.7 Å². The lowest BCUT2D eigenvalue weighted by molar-refractivity contribution is -0.117. The number of pyridine rings is 1. The number of halogens is 2. The van der Waals surface area contributed by atoms with Crippen molar-refractivity contribution in [2.75, 3.05) is 25.5 Å². The fourth-order valence-electron chi connectivity index (χ4n) is 3.80. The van der Waals surface area contributed by atoms with Crippen LogP contribution in [0, 0.1) is 6.92 Å². The van der Waals surface area contributed by atoms with Crippen LogP contribution >= 0.6 is 23.2 Å². The maximum Gasteiger partial charge on any atom is 0.238 e. The third-order valence-corrected chi connectivity index (χ3v) is 6.13. The molecule has 0 saturated carbocycles. The van der Waals surface area contributed by atoms with E-state index >= 15 is 0 Å². The molecule has 0 bridgehead atoms. The van der Waals surface area contributed by atoms with Crippen molar-refractivity contribution in [2.24, 2.45) is 0 Å². The number of rotatable bonds is 4. The summed E-state index contributed by atoms with van der Waals surface area (Å²) < 4.78 is 5.12. The van der Waals surface area contributed by atoms with Gasteiger partial charge in [-0.05, 0) is 42.8 Å².